The Morgan fingerprint density at radius 3 is 2.42 bits per heavy atom. The first-order valence-corrected chi connectivity index (χ1v) is 7.58. The average Bonchev–Trinajstić information content (AvgIpc) is 2.90. The Morgan fingerprint density at radius 2 is 1.88 bits per heavy atom. The molecule has 0 unspecified atom stereocenters. The minimum absolute atomic E-state index is 0.351. The van der Waals surface area contributed by atoms with Crippen LogP contribution in [-0.2, 0) is 9.59 Å². The Kier molecular flexibility index (Phi) is 3.66. The highest BCUT2D eigenvalue weighted by Gasteiger charge is 2.66. The van der Waals surface area contributed by atoms with E-state index in [0.717, 1.165) is 0 Å². The fourth-order valence-electron chi connectivity index (χ4n) is 3.16. The van der Waals surface area contributed by atoms with Crippen molar-refractivity contribution in [2.45, 2.75) is 20.8 Å². The second kappa shape index (κ2) is 5.43. The van der Waals surface area contributed by atoms with Crippen LogP contribution >= 0.6 is 0 Å². The van der Waals surface area contributed by atoms with Crippen LogP contribution in [0.5, 0.6) is 0 Å². The maximum Gasteiger partial charge on any atom is 0.307 e. The summed E-state index contributed by atoms with van der Waals surface area (Å²) >= 11 is 0. The number of carbonyl (C=O) groups is 2. The van der Waals surface area contributed by atoms with E-state index < -0.39 is 23.2 Å². The highest BCUT2D eigenvalue weighted by Crippen LogP contribution is 2.58. The zero-order chi connectivity index (χ0) is 17.6. The van der Waals surface area contributed by atoms with Crippen molar-refractivity contribution in [3.63, 3.8) is 0 Å². The largest absolute Gasteiger partial charge is 0.481 e. The number of hydrogen-bond donors (Lipinski definition) is 2. The van der Waals surface area contributed by atoms with Crippen molar-refractivity contribution in [2.24, 2.45) is 17.3 Å². The van der Waals surface area contributed by atoms with Gasteiger partial charge in [0.15, 0.2) is 0 Å². The van der Waals surface area contributed by atoms with Crippen molar-refractivity contribution in [2.75, 3.05) is 5.32 Å². The van der Waals surface area contributed by atoms with Crippen LogP contribution in [0.25, 0.3) is 5.69 Å². The lowest BCUT2D eigenvalue weighted by Crippen LogP contribution is -2.19. The molecule has 126 valence electrons. The van der Waals surface area contributed by atoms with E-state index in [0.29, 0.717) is 17.2 Å². The monoisotopic (exact) mass is 331 g/mol. The number of halogens is 1. The van der Waals surface area contributed by atoms with Gasteiger partial charge in [0.1, 0.15) is 11.6 Å². The number of carboxylic acids is 1. The normalized spacial score (nSPS) is 21.3. The summed E-state index contributed by atoms with van der Waals surface area (Å²) in [5.74, 6) is -2.54. The van der Waals surface area contributed by atoms with Gasteiger partial charge in [-0.3, -0.25) is 9.59 Å². The van der Waals surface area contributed by atoms with Gasteiger partial charge < -0.3 is 10.4 Å². The van der Waals surface area contributed by atoms with Crippen molar-refractivity contribution < 1.29 is 19.1 Å². The van der Waals surface area contributed by atoms with Crippen LogP contribution in [0.3, 0.4) is 0 Å². The van der Waals surface area contributed by atoms with Crippen LogP contribution in [0.15, 0.2) is 30.3 Å². The molecule has 1 heterocycles. The molecule has 1 aliphatic carbocycles. The first-order chi connectivity index (χ1) is 11.2. The molecule has 1 amide bonds. The third kappa shape index (κ3) is 2.66. The molecule has 3 rings (SSSR count). The summed E-state index contributed by atoms with van der Waals surface area (Å²) in [6.07, 6.45) is 0. The molecule has 2 atom stereocenters. The van der Waals surface area contributed by atoms with Crippen LogP contribution in [0.1, 0.15) is 19.5 Å². The summed E-state index contributed by atoms with van der Waals surface area (Å²) in [5, 5.41) is 16.3. The molecular weight excluding hydrogens is 313 g/mol. The highest BCUT2D eigenvalue weighted by molar-refractivity contribution is 5.99. The molecular formula is C17H18FN3O3. The van der Waals surface area contributed by atoms with E-state index in [1.54, 1.807) is 39.0 Å². The number of nitrogens with one attached hydrogen (secondary N) is 1. The number of amides is 1. The molecule has 1 aromatic heterocycles. The molecule has 6 nitrogen and oxygen atoms in total. The predicted octanol–water partition coefficient (Wildman–Crippen LogP) is 2.62. The SMILES string of the molecule is Cc1cc(NC(=O)[C@H]2[C@H](C(=O)O)C2(C)C)n(-c2ccc(F)cc2)n1. The number of aromatic nitrogens is 2. The van der Waals surface area contributed by atoms with Crippen LogP contribution in [-0.4, -0.2) is 26.8 Å². The molecule has 0 aliphatic heterocycles. The third-order valence-electron chi connectivity index (χ3n) is 4.53. The van der Waals surface area contributed by atoms with Gasteiger partial charge in [-0.15, -0.1) is 0 Å². The van der Waals surface area contributed by atoms with E-state index in [9.17, 15) is 19.1 Å². The zero-order valence-corrected chi connectivity index (χ0v) is 13.6. The van der Waals surface area contributed by atoms with Gasteiger partial charge in [-0.2, -0.15) is 5.10 Å². The van der Waals surface area contributed by atoms with Gasteiger partial charge in [0.25, 0.3) is 0 Å². The van der Waals surface area contributed by atoms with Crippen molar-refractivity contribution in [1.29, 1.82) is 0 Å². The molecule has 0 radical (unpaired) electrons. The molecule has 1 aliphatic rings. The second-order valence-electron chi connectivity index (χ2n) is 6.66. The molecule has 0 spiro atoms. The Bertz CT molecular complexity index is 811. The minimum Gasteiger partial charge on any atom is -0.481 e. The average molecular weight is 331 g/mol. The second-order valence-corrected chi connectivity index (χ2v) is 6.66. The smallest absolute Gasteiger partial charge is 0.307 e. The number of carbonyl (C=O) groups excluding carboxylic acids is 1. The lowest BCUT2D eigenvalue weighted by Gasteiger charge is -2.09. The lowest BCUT2D eigenvalue weighted by molar-refractivity contribution is -0.140. The van der Waals surface area contributed by atoms with Crippen LogP contribution in [0.2, 0.25) is 0 Å². The van der Waals surface area contributed by atoms with Crippen molar-refractivity contribution in [3.05, 3.63) is 41.8 Å². The van der Waals surface area contributed by atoms with Gasteiger partial charge in [0.05, 0.1) is 23.2 Å². The summed E-state index contributed by atoms with van der Waals surface area (Å²) < 4.78 is 14.6. The summed E-state index contributed by atoms with van der Waals surface area (Å²) in [6, 6.07) is 7.41. The van der Waals surface area contributed by atoms with Gasteiger partial charge in [-0.05, 0) is 36.6 Å². The molecule has 2 N–H and O–H groups in total. The van der Waals surface area contributed by atoms with Gasteiger partial charge in [0, 0.05) is 6.07 Å². The Hall–Kier alpha value is -2.70. The molecule has 7 heteroatoms. The fraction of sp³-hybridized carbons (Fsp3) is 0.353. The van der Waals surface area contributed by atoms with E-state index in [1.165, 1.54) is 16.8 Å². The van der Waals surface area contributed by atoms with E-state index >= 15 is 0 Å². The first kappa shape index (κ1) is 16.2. The molecule has 1 aromatic carbocycles. The third-order valence-corrected chi connectivity index (χ3v) is 4.53. The molecule has 2 aromatic rings. The summed E-state index contributed by atoms with van der Waals surface area (Å²) in [6.45, 7) is 5.30. The van der Waals surface area contributed by atoms with E-state index in [-0.39, 0.29) is 11.7 Å². The molecule has 1 fully saturated rings. The lowest BCUT2D eigenvalue weighted by atomic mass is 10.1. The van der Waals surface area contributed by atoms with Crippen LogP contribution in [0, 0.1) is 30.0 Å². The number of nitrogens with zero attached hydrogens (tertiary/aromatic N) is 2. The first-order valence-electron chi connectivity index (χ1n) is 7.58. The van der Waals surface area contributed by atoms with Crippen molar-refractivity contribution in [1.82, 2.24) is 9.78 Å². The number of benzene rings is 1. The molecule has 24 heavy (non-hydrogen) atoms. The van der Waals surface area contributed by atoms with E-state index in [4.69, 9.17) is 0 Å². The van der Waals surface area contributed by atoms with Crippen LogP contribution < -0.4 is 5.32 Å². The molecule has 0 bridgehead atoms. The van der Waals surface area contributed by atoms with Crippen molar-refractivity contribution >= 4 is 17.7 Å². The van der Waals surface area contributed by atoms with E-state index in [2.05, 4.69) is 10.4 Å². The number of carboxylic acid groups (broad SMARTS) is 1. The van der Waals surface area contributed by atoms with Gasteiger partial charge in [0.2, 0.25) is 5.91 Å². The zero-order valence-electron chi connectivity index (χ0n) is 13.6. The topological polar surface area (TPSA) is 84.2 Å². The summed E-state index contributed by atoms with van der Waals surface area (Å²) in [7, 11) is 0. The standard InChI is InChI=1S/C17H18FN3O3/c1-9-8-12(21(20-9)11-6-4-10(18)5-7-11)19-15(22)13-14(16(23)24)17(13,2)3/h4-8,13-14H,1-3H3,(H,19,22)(H,23,24)/t13-,14-/m1/s1. The maximum absolute atomic E-state index is 13.1. The van der Waals surface area contributed by atoms with Gasteiger partial charge in [-0.1, -0.05) is 13.8 Å². The Balaban J connectivity index is 1.85. The Labute approximate surface area is 138 Å². The van der Waals surface area contributed by atoms with Crippen molar-refractivity contribution in [3.8, 4) is 5.69 Å². The number of anilines is 1. The number of rotatable bonds is 4. The molecule has 1 saturated carbocycles. The Morgan fingerprint density at radius 1 is 1.25 bits per heavy atom. The molecule has 0 saturated heterocycles. The highest BCUT2D eigenvalue weighted by atomic mass is 19.1. The fourth-order valence-corrected chi connectivity index (χ4v) is 3.16. The van der Waals surface area contributed by atoms with E-state index in [1.807, 2.05) is 0 Å². The minimum atomic E-state index is -0.969. The quantitative estimate of drug-likeness (QED) is 0.902. The maximum atomic E-state index is 13.1. The van der Waals surface area contributed by atoms with Crippen LogP contribution in [0.4, 0.5) is 10.2 Å². The predicted molar refractivity (Wildman–Crippen MR) is 85.3 cm³/mol. The van der Waals surface area contributed by atoms with Gasteiger partial charge in [-0.25, -0.2) is 9.07 Å². The van der Waals surface area contributed by atoms with Gasteiger partial charge >= 0.3 is 5.97 Å². The number of aryl methyl sites for hydroxylation is 1. The number of aliphatic carboxylic acids is 1. The summed E-state index contributed by atoms with van der Waals surface area (Å²) in [5.41, 5.74) is 0.704. The summed E-state index contributed by atoms with van der Waals surface area (Å²) in [4.78, 5) is 23.7. The number of hydrogen-bond acceptors (Lipinski definition) is 3.